The summed E-state index contributed by atoms with van der Waals surface area (Å²) in [7, 11) is 1.67. The number of para-hydroxylation sites is 1. The molecule has 3 rings (SSSR count). The summed E-state index contributed by atoms with van der Waals surface area (Å²) in [6.07, 6.45) is 3.00. The number of nitrogens with one attached hydrogen (secondary N) is 1. The SMILES string of the molecule is CO[C@H]1[C@H](C(C)(C)OCC=C(C)C)[C@]2(CC[C@H]1OC(=O)CNc1ccccc1)CO2. The Labute approximate surface area is 179 Å². The van der Waals surface area contributed by atoms with Gasteiger partial charge in [-0.2, -0.15) is 0 Å². The number of rotatable bonds is 9. The lowest BCUT2D eigenvalue weighted by atomic mass is 9.68. The molecule has 0 radical (unpaired) electrons. The highest BCUT2D eigenvalue weighted by molar-refractivity contribution is 5.75. The van der Waals surface area contributed by atoms with Gasteiger partial charge in [-0.15, -0.1) is 0 Å². The number of esters is 1. The summed E-state index contributed by atoms with van der Waals surface area (Å²) >= 11 is 0. The molecule has 4 atom stereocenters. The van der Waals surface area contributed by atoms with Crippen molar-refractivity contribution in [1.29, 1.82) is 0 Å². The maximum Gasteiger partial charge on any atom is 0.325 e. The van der Waals surface area contributed by atoms with E-state index in [0.29, 0.717) is 13.2 Å². The Morgan fingerprint density at radius 3 is 2.60 bits per heavy atom. The summed E-state index contributed by atoms with van der Waals surface area (Å²) in [4.78, 5) is 12.5. The Kier molecular flexibility index (Phi) is 7.22. The number of hydrogen-bond donors (Lipinski definition) is 1. The van der Waals surface area contributed by atoms with Crippen LogP contribution >= 0.6 is 0 Å². The van der Waals surface area contributed by atoms with Crippen molar-refractivity contribution in [3.63, 3.8) is 0 Å². The van der Waals surface area contributed by atoms with E-state index in [2.05, 4.69) is 39.1 Å². The van der Waals surface area contributed by atoms with Gasteiger partial charge in [0.05, 0.1) is 24.4 Å². The predicted octanol–water partition coefficient (Wildman–Crippen LogP) is 3.97. The van der Waals surface area contributed by atoms with Gasteiger partial charge in [-0.1, -0.05) is 29.8 Å². The second-order valence-electron chi connectivity index (χ2n) is 9.01. The average Bonchev–Trinajstić information content (AvgIpc) is 3.47. The molecule has 2 aliphatic rings. The van der Waals surface area contributed by atoms with Gasteiger partial charge in [0, 0.05) is 18.7 Å². The van der Waals surface area contributed by atoms with Crippen molar-refractivity contribution in [2.45, 2.75) is 63.9 Å². The van der Waals surface area contributed by atoms with Gasteiger partial charge in [0.1, 0.15) is 18.8 Å². The Morgan fingerprint density at radius 1 is 1.30 bits per heavy atom. The van der Waals surface area contributed by atoms with E-state index in [9.17, 15) is 4.79 Å². The third-order valence-corrected chi connectivity index (χ3v) is 6.09. The first kappa shape index (κ1) is 22.8. The van der Waals surface area contributed by atoms with E-state index in [1.54, 1.807) is 7.11 Å². The highest BCUT2D eigenvalue weighted by Gasteiger charge is 2.64. The number of hydrogen-bond acceptors (Lipinski definition) is 6. The van der Waals surface area contributed by atoms with Gasteiger partial charge in [0.15, 0.2) is 0 Å². The standard InChI is InChI=1S/C24H35NO5/c1-17(2)12-14-28-23(3,4)22-21(27-5)19(11-13-24(22)16-29-24)30-20(26)15-25-18-9-7-6-8-10-18/h6-10,12,19,21-22,25H,11,13-16H2,1-5H3/t19-,21-,22-,24+/m1/s1. The van der Waals surface area contributed by atoms with Crippen molar-refractivity contribution in [2.24, 2.45) is 5.92 Å². The quantitative estimate of drug-likeness (QED) is 0.373. The van der Waals surface area contributed by atoms with Gasteiger partial charge in [-0.25, -0.2) is 0 Å². The number of methoxy groups -OCH3 is 1. The summed E-state index contributed by atoms with van der Waals surface area (Å²) in [6, 6.07) is 9.62. The predicted molar refractivity (Wildman–Crippen MR) is 116 cm³/mol. The topological polar surface area (TPSA) is 69.3 Å². The van der Waals surface area contributed by atoms with Crippen LogP contribution in [0, 0.1) is 5.92 Å². The minimum Gasteiger partial charge on any atom is -0.458 e. The average molecular weight is 418 g/mol. The molecule has 1 spiro atoms. The minimum atomic E-state index is -0.490. The van der Waals surface area contributed by atoms with Crippen molar-refractivity contribution < 1.29 is 23.7 Å². The summed E-state index contributed by atoms with van der Waals surface area (Å²) in [5, 5.41) is 3.10. The molecule has 2 fully saturated rings. The van der Waals surface area contributed by atoms with Crippen LogP contribution in [0.3, 0.4) is 0 Å². The first-order valence-electron chi connectivity index (χ1n) is 10.7. The Balaban J connectivity index is 1.66. The Hall–Kier alpha value is -1.89. The maximum atomic E-state index is 12.5. The van der Waals surface area contributed by atoms with E-state index in [4.69, 9.17) is 18.9 Å². The van der Waals surface area contributed by atoms with Gasteiger partial charge in [-0.3, -0.25) is 4.79 Å². The largest absolute Gasteiger partial charge is 0.458 e. The van der Waals surface area contributed by atoms with E-state index in [0.717, 1.165) is 18.5 Å². The fourth-order valence-corrected chi connectivity index (χ4v) is 4.53. The molecule has 0 aromatic heterocycles. The van der Waals surface area contributed by atoms with Crippen LogP contribution < -0.4 is 5.32 Å². The molecule has 6 heteroatoms. The van der Waals surface area contributed by atoms with Gasteiger partial charge in [0.2, 0.25) is 0 Å². The number of ether oxygens (including phenoxy) is 4. The molecule has 0 bridgehead atoms. The molecular formula is C24H35NO5. The third-order valence-electron chi connectivity index (χ3n) is 6.09. The van der Waals surface area contributed by atoms with Gasteiger partial charge < -0.3 is 24.3 Å². The molecule has 1 aliphatic carbocycles. The van der Waals surface area contributed by atoms with E-state index in [1.165, 1.54) is 5.57 Å². The Morgan fingerprint density at radius 2 is 2.00 bits per heavy atom. The number of benzene rings is 1. The number of allylic oxidation sites excluding steroid dienone is 1. The highest BCUT2D eigenvalue weighted by Crippen LogP contribution is 2.52. The van der Waals surface area contributed by atoms with Crippen LogP contribution in [0.1, 0.15) is 40.5 Å². The second kappa shape index (κ2) is 9.50. The molecule has 1 N–H and O–H groups in total. The lowest BCUT2D eigenvalue weighted by molar-refractivity contribution is -0.191. The number of carbonyl (C=O) groups excluding carboxylic acids is 1. The molecule has 30 heavy (non-hydrogen) atoms. The van der Waals surface area contributed by atoms with Gasteiger partial charge in [0.25, 0.3) is 0 Å². The first-order chi connectivity index (χ1) is 14.3. The third kappa shape index (κ3) is 5.42. The van der Waals surface area contributed by atoms with Crippen LogP contribution in [-0.4, -0.2) is 56.2 Å². The number of epoxide rings is 1. The molecule has 166 valence electrons. The molecular weight excluding hydrogens is 382 g/mol. The molecule has 0 unspecified atom stereocenters. The normalized spacial score (nSPS) is 28.1. The zero-order valence-electron chi connectivity index (χ0n) is 18.8. The van der Waals surface area contributed by atoms with E-state index < -0.39 is 5.60 Å². The lowest BCUT2D eigenvalue weighted by Crippen LogP contribution is -2.58. The van der Waals surface area contributed by atoms with Crippen LogP contribution in [0.25, 0.3) is 0 Å². The summed E-state index contributed by atoms with van der Waals surface area (Å²) in [5.74, 6) is -0.324. The molecule has 1 heterocycles. The minimum absolute atomic E-state index is 0.0332. The fraction of sp³-hybridized carbons (Fsp3) is 0.625. The van der Waals surface area contributed by atoms with E-state index in [1.807, 2.05) is 30.3 Å². The smallest absolute Gasteiger partial charge is 0.325 e. The van der Waals surface area contributed by atoms with Crippen molar-refractivity contribution in [3.05, 3.63) is 42.0 Å². The monoisotopic (exact) mass is 417 g/mol. The van der Waals surface area contributed by atoms with Crippen molar-refractivity contribution >= 4 is 11.7 Å². The number of anilines is 1. The van der Waals surface area contributed by atoms with Crippen molar-refractivity contribution in [1.82, 2.24) is 0 Å². The highest BCUT2D eigenvalue weighted by atomic mass is 16.6. The maximum absolute atomic E-state index is 12.5. The van der Waals surface area contributed by atoms with E-state index in [-0.39, 0.29) is 36.2 Å². The zero-order chi connectivity index (χ0) is 21.8. The van der Waals surface area contributed by atoms with Gasteiger partial charge >= 0.3 is 5.97 Å². The van der Waals surface area contributed by atoms with Crippen LogP contribution in [0.4, 0.5) is 5.69 Å². The van der Waals surface area contributed by atoms with E-state index >= 15 is 0 Å². The molecule has 1 aliphatic heterocycles. The first-order valence-corrected chi connectivity index (χ1v) is 10.7. The lowest BCUT2D eigenvalue weighted by Gasteiger charge is -2.47. The van der Waals surface area contributed by atoms with Crippen molar-refractivity contribution in [2.75, 3.05) is 32.2 Å². The van der Waals surface area contributed by atoms with Crippen molar-refractivity contribution in [3.8, 4) is 0 Å². The molecule has 1 aromatic carbocycles. The molecule has 0 amide bonds. The summed E-state index contributed by atoms with van der Waals surface area (Å²) in [6.45, 7) is 9.61. The fourth-order valence-electron chi connectivity index (χ4n) is 4.53. The Bertz CT molecular complexity index is 737. The molecule has 1 saturated heterocycles. The van der Waals surface area contributed by atoms with Crippen LogP contribution in [-0.2, 0) is 23.7 Å². The zero-order valence-corrected chi connectivity index (χ0v) is 18.8. The number of carbonyl (C=O) groups is 1. The second-order valence-corrected chi connectivity index (χ2v) is 9.01. The van der Waals surface area contributed by atoms with Crippen LogP contribution in [0.2, 0.25) is 0 Å². The van der Waals surface area contributed by atoms with Crippen LogP contribution in [0.5, 0.6) is 0 Å². The van der Waals surface area contributed by atoms with Gasteiger partial charge in [-0.05, 0) is 52.7 Å². The summed E-state index contributed by atoms with van der Waals surface area (Å²) in [5.41, 5.74) is 1.36. The van der Waals surface area contributed by atoms with Crippen LogP contribution in [0.15, 0.2) is 42.0 Å². The molecule has 6 nitrogen and oxygen atoms in total. The molecule has 1 aromatic rings. The summed E-state index contributed by atoms with van der Waals surface area (Å²) < 4.78 is 23.9. The molecule has 1 saturated carbocycles.